The summed E-state index contributed by atoms with van der Waals surface area (Å²) < 4.78 is 11.0. The number of benzene rings is 1. The van der Waals surface area contributed by atoms with Crippen LogP contribution in [0.3, 0.4) is 0 Å². The summed E-state index contributed by atoms with van der Waals surface area (Å²) in [5, 5.41) is 3.66. The Hall–Kier alpha value is -0.930. The van der Waals surface area contributed by atoms with Crippen LogP contribution in [0.25, 0.3) is 0 Å². The average molecular weight is 284 g/mol. The summed E-state index contributed by atoms with van der Waals surface area (Å²) in [7, 11) is 3.45. The molecule has 106 valence electrons. The molecule has 0 radical (unpaired) electrons. The molecule has 1 aliphatic heterocycles. The van der Waals surface area contributed by atoms with Gasteiger partial charge in [-0.2, -0.15) is 0 Å². The molecule has 3 rings (SSSR count). The zero-order valence-electron chi connectivity index (χ0n) is 11.6. The van der Waals surface area contributed by atoms with Crippen LogP contribution in [0.5, 0.6) is 11.5 Å². The fourth-order valence-electron chi connectivity index (χ4n) is 3.45. The second kappa shape index (κ2) is 6.02. The predicted octanol–water partition coefficient (Wildman–Crippen LogP) is 2.59. The molecule has 0 aromatic heterocycles. The van der Waals surface area contributed by atoms with Crippen molar-refractivity contribution < 1.29 is 9.47 Å². The Balaban J connectivity index is 0.00000133. The van der Waals surface area contributed by atoms with Gasteiger partial charge in [-0.15, -0.1) is 12.4 Å². The third-order valence-electron chi connectivity index (χ3n) is 4.38. The number of rotatable bonds is 2. The lowest BCUT2D eigenvalue weighted by Gasteiger charge is -2.38. The summed E-state index contributed by atoms with van der Waals surface area (Å²) in [6.07, 6.45) is 4.87. The maximum Gasteiger partial charge on any atom is 0.164 e. The van der Waals surface area contributed by atoms with Crippen molar-refractivity contribution in [1.29, 1.82) is 0 Å². The first-order chi connectivity index (χ1) is 8.83. The lowest BCUT2D eigenvalue weighted by molar-refractivity contribution is 0.257. The molecular formula is C15H22ClNO2. The molecule has 0 amide bonds. The molecule has 19 heavy (non-hydrogen) atoms. The molecule has 0 saturated carbocycles. The number of halogens is 1. The zero-order chi connectivity index (χ0) is 12.5. The predicted molar refractivity (Wildman–Crippen MR) is 78.7 cm³/mol. The third-order valence-corrected chi connectivity index (χ3v) is 4.38. The number of methoxy groups -OCH3 is 2. The summed E-state index contributed by atoms with van der Waals surface area (Å²) in [5.74, 6) is 2.56. The first-order valence-electron chi connectivity index (χ1n) is 6.79. The molecule has 0 bridgehead atoms. The molecule has 1 aliphatic carbocycles. The van der Waals surface area contributed by atoms with Gasteiger partial charge in [-0.3, -0.25) is 0 Å². The van der Waals surface area contributed by atoms with Crippen molar-refractivity contribution in [3.8, 4) is 11.5 Å². The van der Waals surface area contributed by atoms with Crippen LogP contribution < -0.4 is 14.8 Å². The summed E-state index contributed by atoms with van der Waals surface area (Å²) in [4.78, 5) is 0. The Bertz CT molecular complexity index is 450. The Morgan fingerprint density at radius 1 is 1.16 bits per heavy atom. The van der Waals surface area contributed by atoms with Crippen LogP contribution in [-0.2, 0) is 12.8 Å². The van der Waals surface area contributed by atoms with E-state index in [0.717, 1.165) is 30.3 Å². The van der Waals surface area contributed by atoms with Crippen molar-refractivity contribution in [2.45, 2.75) is 31.7 Å². The number of fused-ring (bicyclic) bond motifs is 2. The molecule has 2 atom stereocenters. The number of hydrogen-bond acceptors (Lipinski definition) is 3. The summed E-state index contributed by atoms with van der Waals surface area (Å²) >= 11 is 0. The fourth-order valence-corrected chi connectivity index (χ4v) is 3.45. The quantitative estimate of drug-likeness (QED) is 0.905. The van der Waals surface area contributed by atoms with Gasteiger partial charge in [-0.1, -0.05) is 6.07 Å². The normalized spacial score (nSPS) is 24.7. The molecular weight excluding hydrogens is 262 g/mol. The minimum absolute atomic E-state index is 0. The van der Waals surface area contributed by atoms with Gasteiger partial charge in [0.05, 0.1) is 14.2 Å². The van der Waals surface area contributed by atoms with E-state index < -0.39 is 0 Å². The minimum Gasteiger partial charge on any atom is -0.493 e. The monoisotopic (exact) mass is 283 g/mol. The van der Waals surface area contributed by atoms with Gasteiger partial charge in [0.2, 0.25) is 0 Å². The lowest BCUT2D eigenvalue weighted by Crippen LogP contribution is -2.46. The molecule has 1 aromatic rings. The van der Waals surface area contributed by atoms with E-state index in [1.807, 2.05) is 6.07 Å². The summed E-state index contributed by atoms with van der Waals surface area (Å²) in [5.41, 5.74) is 2.78. The molecule has 1 fully saturated rings. The van der Waals surface area contributed by atoms with E-state index in [2.05, 4.69) is 11.4 Å². The highest BCUT2D eigenvalue weighted by molar-refractivity contribution is 5.85. The second-order valence-electron chi connectivity index (χ2n) is 5.31. The van der Waals surface area contributed by atoms with Crippen LogP contribution in [0.1, 0.15) is 24.0 Å². The van der Waals surface area contributed by atoms with Crippen LogP contribution in [0, 0.1) is 5.92 Å². The Morgan fingerprint density at radius 2 is 2.00 bits per heavy atom. The number of ether oxygens (including phenoxy) is 2. The number of piperidine rings is 1. The molecule has 4 heteroatoms. The lowest BCUT2D eigenvalue weighted by atomic mass is 9.76. The van der Waals surface area contributed by atoms with Gasteiger partial charge >= 0.3 is 0 Å². The molecule has 1 aromatic carbocycles. The van der Waals surface area contributed by atoms with E-state index in [1.165, 1.54) is 30.5 Å². The first kappa shape index (κ1) is 14.5. The largest absolute Gasteiger partial charge is 0.493 e. The maximum absolute atomic E-state index is 5.57. The molecule has 1 saturated heterocycles. The highest BCUT2D eigenvalue weighted by atomic mass is 35.5. The van der Waals surface area contributed by atoms with Gasteiger partial charge < -0.3 is 14.8 Å². The van der Waals surface area contributed by atoms with E-state index in [0.29, 0.717) is 6.04 Å². The van der Waals surface area contributed by atoms with E-state index >= 15 is 0 Å². The molecule has 2 aliphatic rings. The second-order valence-corrected chi connectivity index (χ2v) is 5.31. The molecule has 1 N–H and O–H groups in total. The van der Waals surface area contributed by atoms with Crippen molar-refractivity contribution in [2.24, 2.45) is 5.92 Å². The third kappa shape index (κ3) is 2.54. The molecule has 0 unspecified atom stereocenters. The topological polar surface area (TPSA) is 30.5 Å². The van der Waals surface area contributed by atoms with Gasteiger partial charge in [0, 0.05) is 11.6 Å². The highest BCUT2D eigenvalue weighted by Gasteiger charge is 2.32. The molecule has 3 nitrogen and oxygen atoms in total. The Morgan fingerprint density at radius 3 is 2.74 bits per heavy atom. The van der Waals surface area contributed by atoms with E-state index in [-0.39, 0.29) is 12.4 Å². The molecule has 1 heterocycles. The number of hydrogen-bond donors (Lipinski definition) is 1. The summed E-state index contributed by atoms with van der Waals surface area (Å²) in [6.45, 7) is 1.17. The van der Waals surface area contributed by atoms with Gasteiger partial charge in [0.25, 0.3) is 0 Å². The van der Waals surface area contributed by atoms with Crippen molar-refractivity contribution in [2.75, 3.05) is 20.8 Å². The van der Waals surface area contributed by atoms with Crippen LogP contribution in [-0.4, -0.2) is 26.8 Å². The van der Waals surface area contributed by atoms with E-state index in [9.17, 15) is 0 Å². The highest BCUT2D eigenvalue weighted by Crippen LogP contribution is 2.40. The Kier molecular flexibility index (Phi) is 4.58. The maximum atomic E-state index is 5.57. The van der Waals surface area contributed by atoms with Crippen LogP contribution in [0.2, 0.25) is 0 Å². The van der Waals surface area contributed by atoms with Crippen LogP contribution in [0.15, 0.2) is 12.1 Å². The minimum atomic E-state index is 0. The zero-order valence-corrected chi connectivity index (χ0v) is 12.4. The van der Waals surface area contributed by atoms with Crippen molar-refractivity contribution >= 4 is 12.4 Å². The molecule has 0 spiro atoms. The van der Waals surface area contributed by atoms with Crippen LogP contribution >= 0.6 is 12.4 Å². The summed E-state index contributed by atoms with van der Waals surface area (Å²) in [6, 6.07) is 4.88. The van der Waals surface area contributed by atoms with Gasteiger partial charge in [0.1, 0.15) is 0 Å². The SMILES string of the molecule is COc1ccc2c(c1OC)C[C@@H]1CCCN[C@H]1C2.Cl. The van der Waals surface area contributed by atoms with Gasteiger partial charge in [0.15, 0.2) is 11.5 Å². The first-order valence-corrected chi connectivity index (χ1v) is 6.79. The average Bonchev–Trinajstić information content (AvgIpc) is 2.43. The van der Waals surface area contributed by atoms with Crippen molar-refractivity contribution in [3.05, 3.63) is 23.3 Å². The van der Waals surface area contributed by atoms with Crippen molar-refractivity contribution in [3.63, 3.8) is 0 Å². The number of nitrogens with one attached hydrogen (secondary N) is 1. The van der Waals surface area contributed by atoms with Gasteiger partial charge in [-0.05, 0) is 49.8 Å². The Labute approximate surface area is 121 Å². The van der Waals surface area contributed by atoms with Gasteiger partial charge in [-0.25, -0.2) is 0 Å². The smallest absolute Gasteiger partial charge is 0.164 e. The van der Waals surface area contributed by atoms with Crippen LogP contribution in [0.4, 0.5) is 0 Å². The fraction of sp³-hybridized carbons (Fsp3) is 0.600. The standard InChI is InChI=1S/C15H21NO2.ClH/c1-17-14-6-5-10-9-13-11(4-3-7-16-13)8-12(10)15(14)18-2;/h5-6,11,13,16H,3-4,7-9H2,1-2H3;1H/t11-,13-;/m0./s1. The van der Waals surface area contributed by atoms with E-state index in [4.69, 9.17) is 9.47 Å². The van der Waals surface area contributed by atoms with Crippen molar-refractivity contribution in [1.82, 2.24) is 5.32 Å². The van der Waals surface area contributed by atoms with E-state index in [1.54, 1.807) is 14.2 Å².